The summed E-state index contributed by atoms with van der Waals surface area (Å²) in [5, 5.41) is 8.76. The van der Waals surface area contributed by atoms with Crippen molar-refractivity contribution in [1.82, 2.24) is 0 Å². The average molecular weight is 279 g/mol. The number of methoxy groups -OCH3 is 1. The van der Waals surface area contributed by atoms with Gasteiger partial charge in [0, 0.05) is 4.48 Å². The molecular weight excluding hydrogens is 264 g/mol. The molecule has 0 amide bonds. The molecule has 86 valence electrons. The second-order valence-corrected chi connectivity index (χ2v) is 4.72. The molecule has 0 radical (unpaired) electrons. The Morgan fingerprint density at radius 2 is 1.93 bits per heavy atom. The number of hydrogen-bond acceptors (Lipinski definition) is 3. The highest BCUT2D eigenvalue weighted by molar-refractivity contribution is 9.11. The van der Waals surface area contributed by atoms with Gasteiger partial charge in [-0.1, -0.05) is 22.0 Å². The van der Waals surface area contributed by atoms with Crippen molar-refractivity contribution in [2.24, 2.45) is 11.3 Å². The van der Waals surface area contributed by atoms with E-state index in [0.717, 1.165) is 0 Å². The van der Waals surface area contributed by atoms with Gasteiger partial charge in [-0.05, 0) is 20.8 Å². The van der Waals surface area contributed by atoms with Gasteiger partial charge >= 0.3 is 11.9 Å². The molecule has 0 aromatic carbocycles. The van der Waals surface area contributed by atoms with Gasteiger partial charge in [-0.3, -0.25) is 9.59 Å². The number of ether oxygens (including phenoxy) is 1. The normalized spacial score (nSPS) is 14.6. The Bertz CT molecular complexity index is 294. The highest BCUT2D eigenvalue weighted by Gasteiger charge is 2.28. The topological polar surface area (TPSA) is 63.6 Å². The van der Waals surface area contributed by atoms with E-state index in [1.807, 2.05) is 0 Å². The number of carbonyl (C=O) groups is 2. The zero-order valence-electron chi connectivity index (χ0n) is 9.20. The molecule has 0 rings (SSSR count). The van der Waals surface area contributed by atoms with Crippen LogP contribution in [0.4, 0.5) is 0 Å². The summed E-state index contributed by atoms with van der Waals surface area (Å²) in [6, 6.07) is 0. The fraction of sp³-hybridized carbons (Fsp3) is 0.600. The molecule has 1 unspecified atom stereocenters. The van der Waals surface area contributed by atoms with Crippen molar-refractivity contribution in [3.05, 3.63) is 10.6 Å². The van der Waals surface area contributed by atoms with E-state index in [1.54, 1.807) is 19.9 Å². The molecular formula is C10H15BrO4. The standard InChI is InChI=1S/C10H15BrO4/c1-6(8(12)13)7(11)5-10(2,3)9(14)15-4/h5-6H,1-4H3,(H,12,13). The number of carbonyl (C=O) groups excluding carboxylic acids is 1. The van der Waals surface area contributed by atoms with Crippen LogP contribution in [0.25, 0.3) is 0 Å². The molecule has 0 aromatic heterocycles. The Hall–Kier alpha value is -0.840. The minimum Gasteiger partial charge on any atom is -0.481 e. The molecule has 0 fully saturated rings. The van der Waals surface area contributed by atoms with Crippen molar-refractivity contribution in [2.75, 3.05) is 7.11 Å². The Morgan fingerprint density at radius 1 is 1.47 bits per heavy atom. The molecule has 0 aliphatic carbocycles. The Balaban J connectivity index is 4.88. The van der Waals surface area contributed by atoms with Crippen molar-refractivity contribution >= 4 is 27.9 Å². The molecule has 0 heterocycles. The van der Waals surface area contributed by atoms with E-state index in [1.165, 1.54) is 14.0 Å². The summed E-state index contributed by atoms with van der Waals surface area (Å²) in [6.45, 7) is 4.86. The van der Waals surface area contributed by atoms with Crippen molar-refractivity contribution in [2.45, 2.75) is 20.8 Å². The van der Waals surface area contributed by atoms with Gasteiger partial charge in [-0.2, -0.15) is 0 Å². The first kappa shape index (κ1) is 14.2. The average Bonchev–Trinajstić information content (AvgIpc) is 2.14. The smallest absolute Gasteiger partial charge is 0.315 e. The number of halogens is 1. The van der Waals surface area contributed by atoms with E-state index in [2.05, 4.69) is 20.7 Å². The first-order chi connectivity index (χ1) is 6.72. The Labute approximate surface area is 97.4 Å². The lowest BCUT2D eigenvalue weighted by molar-refractivity contribution is -0.148. The molecule has 0 aliphatic heterocycles. The Morgan fingerprint density at radius 3 is 2.27 bits per heavy atom. The molecule has 5 heteroatoms. The molecule has 0 bridgehead atoms. The third-order valence-electron chi connectivity index (χ3n) is 1.99. The minimum absolute atomic E-state index is 0.406. The number of carboxylic acids is 1. The van der Waals surface area contributed by atoms with E-state index in [9.17, 15) is 9.59 Å². The van der Waals surface area contributed by atoms with Gasteiger partial charge in [0.2, 0.25) is 0 Å². The third kappa shape index (κ3) is 4.03. The van der Waals surface area contributed by atoms with Gasteiger partial charge in [0.25, 0.3) is 0 Å². The number of aliphatic carboxylic acids is 1. The summed E-state index contributed by atoms with van der Waals surface area (Å²) in [5.74, 6) is -2.02. The van der Waals surface area contributed by atoms with Crippen molar-refractivity contribution in [1.29, 1.82) is 0 Å². The van der Waals surface area contributed by atoms with Gasteiger partial charge in [-0.25, -0.2) is 0 Å². The second-order valence-electron chi connectivity index (χ2n) is 3.80. The highest BCUT2D eigenvalue weighted by atomic mass is 79.9. The summed E-state index contributed by atoms with van der Waals surface area (Å²) < 4.78 is 5.07. The lowest BCUT2D eigenvalue weighted by Crippen LogP contribution is -2.24. The first-order valence-electron chi connectivity index (χ1n) is 4.42. The fourth-order valence-electron chi connectivity index (χ4n) is 0.910. The molecule has 0 aromatic rings. The van der Waals surface area contributed by atoms with Crippen LogP contribution in [0.15, 0.2) is 10.6 Å². The number of hydrogen-bond donors (Lipinski definition) is 1. The van der Waals surface area contributed by atoms with Crippen LogP contribution in [0.1, 0.15) is 20.8 Å². The quantitative estimate of drug-likeness (QED) is 0.801. The maximum absolute atomic E-state index is 11.3. The van der Waals surface area contributed by atoms with Crippen LogP contribution in [-0.2, 0) is 14.3 Å². The molecule has 0 aliphatic rings. The van der Waals surface area contributed by atoms with Crippen molar-refractivity contribution < 1.29 is 19.4 Å². The zero-order chi connectivity index (χ0) is 12.2. The molecule has 4 nitrogen and oxygen atoms in total. The maximum Gasteiger partial charge on any atom is 0.315 e. The largest absolute Gasteiger partial charge is 0.481 e. The van der Waals surface area contributed by atoms with Crippen LogP contribution in [-0.4, -0.2) is 24.2 Å². The highest BCUT2D eigenvalue weighted by Crippen LogP contribution is 2.27. The van der Waals surface area contributed by atoms with E-state index in [4.69, 9.17) is 5.11 Å². The SMILES string of the molecule is COC(=O)C(C)(C)C=C(Br)C(C)C(=O)O. The fourth-order valence-corrected chi connectivity index (χ4v) is 1.68. The van der Waals surface area contributed by atoms with E-state index in [-0.39, 0.29) is 0 Å². The summed E-state index contributed by atoms with van der Waals surface area (Å²) in [7, 11) is 1.30. The van der Waals surface area contributed by atoms with E-state index >= 15 is 0 Å². The van der Waals surface area contributed by atoms with Crippen LogP contribution in [0.5, 0.6) is 0 Å². The van der Waals surface area contributed by atoms with E-state index in [0.29, 0.717) is 4.48 Å². The monoisotopic (exact) mass is 278 g/mol. The third-order valence-corrected chi connectivity index (χ3v) is 2.91. The van der Waals surface area contributed by atoms with Crippen LogP contribution in [0.3, 0.4) is 0 Å². The number of esters is 1. The summed E-state index contributed by atoms with van der Waals surface area (Å²) >= 11 is 3.15. The van der Waals surface area contributed by atoms with Crippen LogP contribution >= 0.6 is 15.9 Å². The summed E-state index contributed by atoms with van der Waals surface area (Å²) in [4.78, 5) is 22.0. The maximum atomic E-state index is 11.3. The first-order valence-corrected chi connectivity index (χ1v) is 5.21. The second kappa shape index (κ2) is 5.30. The lowest BCUT2D eigenvalue weighted by atomic mass is 9.91. The zero-order valence-corrected chi connectivity index (χ0v) is 10.8. The van der Waals surface area contributed by atoms with Gasteiger partial charge in [0.15, 0.2) is 0 Å². The predicted octanol–water partition coefficient (Wildman–Crippen LogP) is 2.19. The van der Waals surface area contributed by atoms with Gasteiger partial charge in [0.1, 0.15) is 0 Å². The van der Waals surface area contributed by atoms with Crippen molar-refractivity contribution in [3.63, 3.8) is 0 Å². The summed E-state index contributed by atoms with van der Waals surface area (Å²) in [5.41, 5.74) is -0.836. The van der Waals surface area contributed by atoms with E-state index < -0.39 is 23.3 Å². The molecule has 15 heavy (non-hydrogen) atoms. The number of carboxylic acid groups (broad SMARTS) is 1. The molecule has 0 saturated heterocycles. The molecule has 1 N–H and O–H groups in total. The number of rotatable bonds is 4. The van der Waals surface area contributed by atoms with Crippen molar-refractivity contribution in [3.8, 4) is 0 Å². The van der Waals surface area contributed by atoms with Crippen LogP contribution in [0.2, 0.25) is 0 Å². The van der Waals surface area contributed by atoms with Crippen LogP contribution < -0.4 is 0 Å². The predicted molar refractivity (Wildman–Crippen MR) is 59.6 cm³/mol. The molecule has 0 saturated carbocycles. The van der Waals surface area contributed by atoms with Gasteiger partial charge < -0.3 is 9.84 Å². The Kier molecular flexibility index (Phi) is 5.00. The van der Waals surface area contributed by atoms with Gasteiger partial charge in [-0.15, -0.1) is 0 Å². The minimum atomic E-state index is -0.946. The van der Waals surface area contributed by atoms with Crippen LogP contribution in [0, 0.1) is 11.3 Å². The molecule has 0 spiro atoms. The lowest BCUT2D eigenvalue weighted by Gasteiger charge is -2.18. The summed E-state index contributed by atoms with van der Waals surface area (Å²) in [6.07, 6.45) is 1.55. The molecule has 1 atom stereocenters. The van der Waals surface area contributed by atoms with Gasteiger partial charge in [0.05, 0.1) is 18.4 Å².